The number of fused-ring (bicyclic) bond motifs is 1. The highest BCUT2D eigenvalue weighted by atomic mass is 19.1. The van der Waals surface area contributed by atoms with E-state index in [0.717, 1.165) is 0 Å². The van der Waals surface area contributed by atoms with Crippen LogP contribution in [0.3, 0.4) is 0 Å². The van der Waals surface area contributed by atoms with Gasteiger partial charge in [0.2, 0.25) is 0 Å². The second-order valence-electron chi connectivity index (χ2n) is 4.29. The first-order valence-corrected chi connectivity index (χ1v) is 5.54. The third kappa shape index (κ3) is 2.00. The van der Waals surface area contributed by atoms with Crippen LogP contribution in [0.2, 0.25) is 0 Å². The van der Waals surface area contributed by atoms with Crippen molar-refractivity contribution in [2.45, 2.75) is 12.8 Å². The van der Waals surface area contributed by atoms with E-state index >= 15 is 0 Å². The van der Waals surface area contributed by atoms with Crippen LogP contribution in [0.15, 0.2) is 23.3 Å². The summed E-state index contributed by atoms with van der Waals surface area (Å²) < 4.78 is 19.2. The van der Waals surface area contributed by atoms with Crippen molar-refractivity contribution in [2.75, 3.05) is 6.61 Å². The summed E-state index contributed by atoms with van der Waals surface area (Å²) in [7, 11) is 0. The van der Waals surface area contributed by atoms with Crippen molar-refractivity contribution in [1.29, 1.82) is 0 Å². The molecule has 1 aliphatic carbocycles. The largest absolute Gasteiger partial charge is 0.493 e. The summed E-state index contributed by atoms with van der Waals surface area (Å²) in [6.45, 7) is 0.605. The van der Waals surface area contributed by atoms with Crippen LogP contribution in [-0.2, 0) is 0 Å². The van der Waals surface area contributed by atoms with E-state index in [1.807, 2.05) is 0 Å². The maximum absolute atomic E-state index is 13.7. The van der Waals surface area contributed by atoms with Gasteiger partial charge in [0, 0.05) is 12.1 Å². The van der Waals surface area contributed by atoms with E-state index in [0.29, 0.717) is 23.8 Å². The minimum absolute atomic E-state index is 0.0220. The molecular formula is C12H11FN2O2. The molecule has 0 bridgehead atoms. The van der Waals surface area contributed by atoms with Gasteiger partial charge in [0.05, 0.1) is 18.5 Å². The van der Waals surface area contributed by atoms with Crippen LogP contribution in [0.1, 0.15) is 12.8 Å². The molecule has 1 heterocycles. The smallest absolute Gasteiger partial charge is 0.261 e. The van der Waals surface area contributed by atoms with Crippen LogP contribution < -0.4 is 10.3 Å². The molecule has 3 rings (SSSR count). The Morgan fingerprint density at radius 1 is 1.47 bits per heavy atom. The maximum atomic E-state index is 13.7. The molecule has 1 fully saturated rings. The topological polar surface area (TPSA) is 55.0 Å². The molecule has 2 aromatic rings. The van der Waals surface area contributed by atoms with Crippen LogP contribution in [0.4, 0.5) is 4.39 Å². The first-order valence-electron chi connectivity index (χ1n) is 5.54. The molecule has 0 unspecified atom stereocenters. The number of aromatic amines is 1. The lowest BCUT2D eigenvalue weighted by Crippen LogP contribution is -2.09. The summed E-state index contributed by atoms with van der Waals surface area (Å²) in [5.41, 5.74) is -0.152. The molecule has 17 heavy (non-hydrogen) atoms. The average molecular weight is 234 g/mol. The van der Waals surface area contributed by atoms with Crippen LogP contribution in [0.5, 0.6) is 5.75 Å². The molecule has 0 spiro atoms. The molecule has 88 valence electrons. The fourth-order valence-corrected chi connectivity index (χ4v) is 1.71. The molecule has 0 atom stereocenters. The van der Waals surface area contributed by atoms with Gasteiger partial charge in [0.1, 0.15) is 17.0 Å². The van der Waals surface area contributed by atoms with Gasteiger partial charge in [0.25, 0.3) is 5.56 Å². The molecule has 1 N–H and O–H groups in total. The number of ether oxygens (including phenoxy) is 1. The standard InChI is InChI=1S/C12H11FN2O2/c13-9-3-8(17-5-7-1-2-7)4-10-11(9)12(16)15-6-14-10/h3-4,6-7H,1-2,5H2,(H,14,15,16). The Balaban J connectivity index is 2.01. The Morgan fingerprint density at radius 3 is 3.06 bits per heavy atom. The van der Waals surface area contributed by atoms with Gasteiger partial charge in [-0.15, -0.1) is 0 Å². The Hall–Kier alpha value is -1.91. The van der Waals surface area contributed by atoms with Crippen molar-refractivity contribution >= 4 is 10.9 Å². The van der Waals surface area contributed by atoms with Gasteiger partial charge < -0.3 is 9.72 Å². The zero-order valence-corrected chi connectivity index (χ0v) is 9.07. The average Bonchev–Trinajstić information content (AvgIpc) is 3.10. The van der Waals surface area contributed by atoms with E-state index < -0.39 is 11.4 Å². The Morgan fingerprint density at radius 2 is 2.29 bits per heavy atom. The van der Waals surface area contributed by atoms with Crippen LogP contribution in [0.25, 0.3) is 10.9 Å². The molecule has 0 saturated heterocycles. The molecule has 1 saturated carbocycles. The SMILES string of the molecule is O=c1[nH]cnc2cc(OCC3CC3)cc(F)c12. The number of nitrogens with one attached hydrogen (secondary N) is 1. The van der Waals surface area contributed by atoms with Gasteiger partial charge in [-0.05, 0) is 18.8 Å². The molecule has 1 aromatic heterocycles. The molecule has 0 radical (unpaired) electrons. The Labute approximate surface area is 96.4 Å². The minimum Gasteiger partial charge on any atom is -0.493 e. The highest BCUT2D eigenvalue weighted by Crippen LogP contribution is 2.30. The zero-order valence-electron chi connectivity index (χ0n) is 9.07. The van der Waals surface area contributed by atoms with E-state index in [9.17, 15) is 9.18 Å². The number of aromatic nitrogens is 2. The lowest BCUT2D eigenvalue weighted by molar-refractivity contribution is 0.299. The molecular weight excluding hydrogens is 223 g/mol. The quantitative estimate of drug-likeness (QED) is 0.881. The van der Waals surface area contributed by atoms with Crippen LogP contribution in [-0.4, -0.2) is 16.6 Å². The van der Waals surface area contributed by atoms with Crippen molar-refractivity contribution in [3.63, 3.8) is 0 Å². The Kier molecular flexibility index (Phi) is 2.31. The lowest BCUT2D eigenvalue weighted by Gasteiger charge is -2.06. The predicted octanol–water partition coefficient (Wildman–Crippen LogP) is 1.85. The summed E-state index contributed by atoms with van der Waals surface area (Å²) in [5, 5.41) is -0.0220. The first kappa shape index (κ1) is 10.3. The van der Waals surface area contributed by atoms with Crippen molar-refractivity contribution in [1.82, 2.24) is 9.97 Å². The lowest BCUT2D eigenvalue weighted by atomic mass is 10.2. The molecule has 4 nitrogen and oxygen atoms in total. The second-order valence-corrected chi connectivity index (χ2v) is 4.29. The second kappa shape index (κ2) is 3.84. The van der Waals surface area contributed by atoms with Crippen molar-refractivity contribution in [3.8, 4) is 5.75 Å². The van der Waals surface area contributed by atoms with E-state index in [-0.39, 0.29) is 5.39 Å². The number of halogens is 1. The van der Waals surface area contributed by atoms with E-state index in [1.54, 1.807) is 6.07 Å². The van der Waals surface area contributed by atoms with E-state index in [4.69, 9.17) is 4.74 Å². The predicted molar refractivity (Wildman–Crippen MR) is 60.5 cm³/mol. The molecule has 1 aliphatic rings. The number of H-pyrrole nitrogens is 1. The number of rotatable bonds is 3. The Bertz CT molecular complexity index is 619. The highest BCUT2D eigenvalue weighted by Gasteiger charge is 2.22. The number of hydrogen-bond acceptors (Lipinski definition) is 3. The van der Waals surface area contributed by atoms with E-state index in [1.165, 1.54) is 25.2 Å². The minimum atomic E-state index is -0.595. The third-order valence-electron chi connectivity index (χ3n) is 2.85. The summed E-state index contributed by atoms with van der Waals surface area (Å²) in [6.07, 6.45) is 3.61. The molecule has 0 amide bonds. The van der Waals surface area contributed by atoms with E-state index in [2.05, 4.69) is 9.97 Å². The molecule has 5 heteroatoms. The monoisotopic (exact) mass is 234 g/mol. The maximum Gasteiger partial charge on any atom is 0.261 e. The number of benzene rings is 1. The van der Waals surface area contributed by atoms with Gasteiger partial charge >= 0.3 is 0 Å². The summed E-state index contributed by atoms with van der Waals surface area (Å²) in [6, 6.07) is 2.83. The fraction of sp³-hybridized carbons (Fsp3) is 0.333. The third-order valence-corrected chi connectivity index (χ3v) is 2.85. The van der Waals surface area contributed by atoms with Gasteiger partial charge in [-0.25, -0.2) is 9.37 Å². The number of nitrogens with zero attached hydrogens (tertiary/aromatic N) is 1. The van der Waals surface area contributed by atoms with Crippen LogP contribution in [0, 0.1) is 11.7 Å². The van der Waals surface area contributed by atoms with Crippen LogP contribution >= 0.6 is 0 Å². The highest BCUT2D eigenvalue weighted by molar-refractivity contribution is 5.79. The summed E-state index contributed by atoms with van der Waals surface area (Å²) in [4.78, 5) is 17.7. The number of hydrogen-bond donors (Lipinski definition) is 1. The van der Waals surface area contributed by atoms with Gasteiger partial charge in [-0.3, -0.25) is 4.79 Å². The normalized spacial score (nSPS) is 15.1. The van der Waals surface area contributed by atoms with Gasteiger partial charge in [-0.2, -0.15) is 0 Å². The molecule has 1 aromatic carbocycles. The molecule has 0 aliphatic heterocycles. The fourth-order valence-electron chi connectivity index (χ4n) is 1.71. The summed E-state index contributed by atoms with van der Waals surface area (Å²) >= 11 is 0. The summed E-state index contributed by atoms with van der Waals surface area (Å²) in [5.74, 6) is 0.434. The van der Waals surface area contributed by atoms with Gasteiger partial charge in [-0.1, -0.05) is 0 Å². The van der Waals surface area contributed by atoms with Gasteiger partial charge in [0.15, 0.2) is 0 Å². The first-order chi connectivity index (χ1) is 8.24. The van der Waals surface area contributed by atoms with Crippen molar-refractivity contribution in [2.24, 2.45) is 5.92 Å². The van der Waals surface area contributed by atoms with Crippen molar-refractivity contribution < 1.29 is 9.13 Å². The van der Waals surface area contributed by atoms with Crippen molar-refractivity contribution in [3.05, 3.63) is 34.6 Å². The zero-order chi connectivity index (χ0) is 11.8.